The molecule has 0 saturated carbocycles. The minimum absolute atomic E-state index is 0.0271. The van der Waals surface area contributed by atoms with Crippen LogP contribution in [0.15, 0.2) is 24.5 Å². The highest BCUT2D eigenvalue weighted by molar-refractivity contribution is 5.72. The molecule has 15 heavy (non-hydrogen) atoms. The summed E-state index contributed by atoms with van der Waals surface area (Å²) in [6.45, 7) is 2.19. The smallest absolute Gasteiger partial charge is 0.315 e. The van der Waals surface area contributed by atoms with Gasteiger partial charge in [-0.25, -0.2) is 4.79 Å². The Labute approximate surface area is 88.3 Å². The fourth-order valence-electron chi connectivity index (χ4n) is 1.85. The normalized spacial score (nSPS) is 21.3. The Morgan fingerprint density at radius 1 is 1.53 bits per heavy atom. The van der Waals surface area contributed by atoms with Crippen molar-refractivity contribution < 1.29 is 4.79 Å². The van der Waals surface area contributed by atoms with E-state index in [0.717, 1.165) is 18.7 Å². The van der Waals surface area contributed by atoms with Crippen molar-refractivity contribution >= 4 is 6.03 Å². The van der Waals surface area contributed by atoms with Crippen LogP contribution in [0.5, 0.6) is 0 Å². The lowest BCUT2D eigenvalue weighted by molar-refractivity contribution is 0.167. The maximum absolute atomic E-state index is 11.2. The number of urea groups is 1. The van der Waals surface area contributed by atoms with Crippen LogP contribution in [0.1, 0.15) is 11.6 Å². The number of nitrogens with one attached hydrogen (secondary N) is 1. The van der Waals surface area contributed by atoms with Gasteiger partial charge in [0.05, 0.1) is 6.04 Å². The first kappa shape index (κ1) is 9.92. The number of hydrogen-bond donors (Lipinski definition) is 2. The molecule has 0 spiro atoms. The molecular formula is C10H14N4O. The van der Waals surface area contributed by atoms with E-state index < -0.39 is 0 Å². The molecule has 0 aromatic carbocycles. The second-order valence-corrected chi connectivity index (χ2v) is 3.53. The van der Waals surface area contributed by atoms with Gasteiger partial charge in [-0.1, -0.05) is 0 Å². The van der Waals surface area contributed by atoms with Crippen LogP contribution in [0, 0.1) is 0 Å². The largest absolute Gasteiger partial charge is 0.351 e. The summed E-state index contributed by atoms with van der Waals surface area (Å²) < 4.78 is 0. The van der Waals surface area contributed by atoms with Gasteiger partial charge in [0.25, 0.3) is 0 Å². The number of pyridine rings is 1. The number of nitrogens with two attached hydrogens (primary N) is 1. The highest BCUT2D eigenvalue weighted by atomic mass is 16.2. The first-order chi connectivity index (χ1) is 7.29. The van der Waals surface area contributed by atoms with Crippen molar-refractivity contribution in [1.82, 2.24) is 15.2 Å². The number of amides is 2. The lowest BCUT2D eigenvalue weighted by Gasteiger charge is -2.35. The lowest BCUT2D eigenvalue weighted by Crippen LogP contribution is -2.50. The number of hydrogen-bond acceptors (Lipinski definition) is 3. The zero-order valence-electron chi connectivity index (χ0n) is 8.39. The van der Waals surface area contributed by atoms with Crippen LogP contribution in [0.4, 0.5) is 4.79 Å². The van der Waals surface area contributed by atoms with Crippen LogP contribution in [-0.4, -0.2) is 35.5 Å². The summed E-state index contributed by atoms with van der Waals surface area (Å²) in [6.07, 6.45) is 3.45. The number of piperazine rings is 1. The maximum Gasteiger partial charge on any atom is 0.315 e. The van der Waals surface area contributed by atoms with E-state index in [1.807, 2.05) is 12.1 Å². The van der Waals surface area contributed by atoms with Crippen LogP contribution in [0.25, 0.3) is 0 Å². The van der Waals surface area contributed by atoms with Gasteiger partial charge >= 0.3 is 6.03 Å². The quantitative estimate of drug-likeness (QED) is 0.685. The molecule has 1 atom stereocenters. The molecule has 0 bridgehead atoms. The van der Waals surface area contributed by atoms with Crippen LogP contribution >= 0.6 is 0 Å². The summed E-state index contributed by atoms with van der Waals surface area (Å²) in [6, 6.07) is 3.49. The third-order valence-corrected chi connectivity index (χ3v) is 2.62. The van der Waals surface area contributed by atoms with Crippen LogP contribution in [-0.2, 0) is 0 Å². The minimum atomic E-state index is -0.363. The first-order valence-corrected chi connectivity index (χ1v) is 4.96. The highest BCUT2D eigenvalue weighted by Crippen LogP contribution is 2.20. The van der Waals surface area contributed by atoms with Crippen molar-refractivity contribution in [2.75, 3.05) is 19.6 Å². The van der Waals surface area contributed by atoms with Gasteiger partial charge in [0.15, 0.2) is 0 Å². The molecule has 1 aliphatic rings. The molecule has 1 aromatic rings. The third kappa shape index (κ3) is 2.07. The molecule has 1 aliphatic heterocycles. The average molecular weight is 206 g/mol. The van der Waals surface area contributed by atoms with E-state index in [4.69, 9.17) is 5.73 Å². The molecule has 1 saturated heterocycles. The van der Waals surface area contributed by atoms with Gasteiger partial charge in [-0.2, -0.15) is 0 Å². The first-order valence-electron chi connectivity index (χ1n) is 4.96. The second-order valence-electron chi connectivity index (χ2n) is 3.53. The summed E-state index contributed by atoms with van der Waals surface area (Å²) >= 11 is 0. The summed E-state index contributed by atoms with van der Waals surface area (Å²) in [5.41, 5.74) is 6.40. The number of carbonyl (C=O) groups excluding carboxylic acids is 1. The Hall–Kier alpha value is -1.62. The second kappa shape index (κ2) is 4.27. The molecule has 1 fully saturated rings. The Morgan fingerprint density at radius 3 is 2.93 bits per heavy atom. The number of nitrogens with zero attached hydrogens (tertiary/aromatic N) is 2. The standard InChI is InChI=1S/C10H14N4O/c11-10(15)14-6-5-13-7-9(14)8-1-3-12-4-2-8/h1-4,9,13H,5-7H2,(H2,11,15). The van der Waals surface area contributed by atoms with E-state index in [-0.39, 0.29) is 12.1 Å². The number of primary amides is 1. The molecule has 1 unspecified atom stereocenters. The van der Waals surface area contributed by atoms with Crippen LogP contribution < -0.4 is 11.1 Å². The van der Waals surface area contributed by atoms with Crippen molar-refractivity contribution in [1.29, 1.82) is 0 Å². The van der Waals surface area contributed by atoms with E-state index in [1.165, 1.54) is 0 Å². The Morgan fingerprint density at radius 2 is 2.27 bits per heavy atom. The van der Waals surface area contributed by atoms with Gasteiger partial charge in [-0.05, 0) is 17.7 Å². The molecule has 5 heteroatoms. The molecule has 0 aliphatic carbocycles. The van der Waals surface area contributed by atoms with E-state index in [1.54, 1.807) is 17.3 Å². The fourth-order valence-corrected chi connectivity index (χ4v) is 1.85. The van der Waals surface area contributed by atoms with E-state index in [9.17, 15) is 4.79 Å². The Bertz CT molecular complexity index is 341. The summed E-state index contributed by atoms with van der Waals surface area (Å²) in [5, 5.41) is 3.25. The van der Waals surface area contributed by atoms with Gasteiger partial charge in [-0.3, -0.25) is 4.98 Å². The zero-order chi connectivity index (χ0) is 10.7. The number of rotatable bonds is 1. The topological polar surface area (TPSA) is 71.2 Å². The van der Waals surface area contributed by atoms with E-state index in [2.05, 4.69) is 10.3 Å². The van der Waals surface area contributed by atoms with Gasteiger partial charge in [-0.15, -0.1) is 0 Å². The van der Waals surface area contributed by atoms with Crippen LogP contribution in [0.3, 0.4) is 0 Å². The zero-order valence-corrected chi connectivity index (χ0v) is 8.39. The van der Waals surface area contributed by atoms with Crippen molar-refractivity contribution in [3.05, 3.63) is 30.1 Å². The summed E-state index contributed by atoms with van der Waals surface area (Å²) in [4.78, 5) is 16.9. The predicted molar refractivity (Wildman–Crippen MR) is 56.1 cm³/mol. The monoisotopic (exact) mass is 206 g/mol. The van der Waals surface area contributed by atoms with Crippen molar-refractivity contribution in [3.8, 4) is 0 Å². The van der Waals surface area contributed by atoms with Crippen molar-refractivity contribution in [2.45, 2.75) is 6.04 Å². The summed E-state index contributed by atoms with van der Waals surface area (Å²) in [7, 11) is 0. The SMILES string of the molecule is NC(=O)N1CCNCC1c1ccncc1. The fraction of sp³-hybridized carbons (Fsp3) is 0.400. The lowest BCUT2D eigenvalue weighted by atomic mass is 10.1. The van der Waals surface area contributed by atoms with Crippen LogP contribution in [0.2, 0.25) is 0 Å². The Balaban J connectivity index is 2.22. The molecule has 2 amide bonds. The molecule has 80 valence electrons. The molecule has 5 nitrogen and oxygen atoms in total. The molecule has 1 aromatic heterocycles. The average Bonchev–Trinajstić information content (AvgIpc) is 2.30. The molecule has 0 radical (unpaired) electrons. The van der Waals surface area contributed by atoms with Crippen molar-refractivity contribution in [2.24, 2.45) is 5.73 Å². The van der Waals surface area contributed by atoms with Gasteiger partial charge in [0.2, 0.25) is 0 Å². The molecule has 2 rings (SSSR count). The Kier molecular flexibility index (Phi) is 2.82. The number of aromatic nitrogens is 1. The predicted octanol–water partition coefficient (Wildman–Crippen LogP) is 0.107. The molecular weight excluding hydrogens is 192 g/mol. The van der Waals surface area contributed by atoms with Crippen molar-refractivity contribution in [3.63, 3.8) is 0 Å². The van der Waals surface area contributed by atoms with Gasteiger partial charge in [0, 0.05) is 32.0 Å². The van der Waals surface area contributed by atoms with Gasteiger partial charge in [0.1, 0.15) is 0 Å². The molecule has 3 N–H and O–H groups in total. The van der Waals surface area contributed by atoms with Gasteiger partial charge < -0.3 is 16.0 Å². The van der Waals surface area contributed by atoms with E-state index in [0.29, 0.717) is 6.54 Å². The maximum atomic E-state index is 11.2. The minimum Gasteiger partial charge on any atom is -0.351 e. The third-order valence-electron chi connectivity index (χ3n) is 2.62. The molecule has 2 heterocycles. The highest BCUT2D eigenvalue weighted by Gasteiger charge is 2.25. The van der Waals surface area contributed by atoms with E-state index >= 15 is 0 Å². The summed E-state index contributed by atoms with van der Waals surface area (Å²) in [5.74, 6) is 0. The number of carbonyl (C=O) groups is 1.